The number of nitrogens with zero attached hydrogens (tertiary/aromatic N) is 2. The van der Waals surface area contributed by atoms with Crippen LogP contribution >= 0.6 is 0 Å². The van der Waals surface area contributed by atoms with Crippen LogP contribution in [0.1, 0.15) is 36.7 Å². The fourth-order valence-corrected chi connectivity index (χ4v) is 2.25. The molecule has 0 amide bonds. The Kier molecular flexibility index (Phi) is 2.41. The average Bonchev–Trinajstić information content (AvgIpc) is 3.00. The van der Waals surface area contributed by atoms with Crippen molar-refractivity contribution in [1.82, 2.24) is 15.3 Å². The molecule has 3 heteroatoms. The summed E-state index contributed by atoms with van der Waals surface area (Å²) in [4.78, 5) is 9.01. The Morgan fingerprint density at radius 2 is 2.27 bits per heavy atom. The van der Waals surface area contributed by atoms with Crippen molar-refractivity contribution in [2.24, 2.45) is 5.92 Å². The van der Waals surface area contributed by atoms with Crippen molar-refractivity contribution in [2.75, 3.05) is 13.1 Å². The molecule has 1 saturated carbocycles. The molecule has 3 nitrogen and oxygen atoms in total. The molecule has 1 aromatic rings. The second-order valence-corrected chi connectivity index (χ2v) is 4.74. The second-order valence-electron chi connectivity index (χ2n) is 4.74. The van der Waals surface area contributed by atoms with Crippen LogP contribution in [0, 0.1) is 5.92 Å². The molecule has 0 aromatic carbocycles. The topological polar surface area (TPSA) is 37.8 Å². The maximum Gasteiger partial charge on any atom is 0.131 e. The lowest BCUT2D eigenvalue weighted by molar-refractivity contribution is 0.569. The highest BCUT2D eigenvalue weighted by Crippen LogP contribution is 2.37. The minimum absolute atomic E-state index is 0.673. The van der Waals surface area contributed by atoms with E-state index in [1.807, 2.05) is 6.20 Å². The molecule has 2 fully saturated rings. The maximum atomic E-state index is 4.66. The van der Waals surface area contributed by atoms with E-state index in [0.717, 1.165) is 24.7 Å². The monoisotopic (exact) mass is 203 g/mol. The average molecular weight is 203 g/mol. The van der Waals surface area contributed by atoms with Crippen LogP contribution in [0.2, 0.25) is 0 Å². The number of nitrogens with one attached hydrogen (secondary N) is 1. The first-order valence-electron chi connectivity index (χ1n) is 5.94. The number of rotatable bonds is 3. The van der Waals surface area contributed by atoms with E-state index in [0.29, 0.717) is 5.92 Å². The molecule has 80 valence electrons. The molecule has 1 unspecified atom stereocenters. The third kappa shape index (κ3) is 2.17. The van der Waals surface area contributed by atoms with E-state index in [-0.39, 0.29) is 0 Å². The highest BCUT2D eigenvalue weighted by molar-refractivity contribution is 5.10. The fraction of sp³-hybridized carbons (Fsp3) is 0.667. The van der Waals surface area contributed by atoms with Crippen LogP contribution in [-0.2, 0) is 6.42 Å². The lowest BCUT2D eigenvalue weighted by Gasteiger charge is -2.07. The molecule has 0 spiro atoms. The second kappa shape index (κ2) is 3.89. The fourth-order valence-electron chi connectivity index (χ4n) is 2.25. The Labute approximate surface area is 90.3 Å². The summed E-state index contributed by atoms with van der Waals surface area (Å²) in [5.41, 5.74) is 1.24. The first kappa shape index (κ1) is 9.28. The van der Waals surface area contributed by atoms with Crippen LogP contribution in [0.25, 0.3) is 0 Å². The van der Waals surface area contributed by atoms with Gasteiger partial charge in [0.15, 0.2) is 0 Å². The zero-order valence-corrected chi connectivity index (χ0v) is 8.95. The summed E-state index contributed by atoms with van der Waals surface area (Å²) in [5, 5.41) is 3.40. The lowest BCUT2D eigenvalue weighted by atomic mass is 10.0. The minimum Gasteiger partial charge on any atom is -0.316 e. The predicted octanol–water partition coefficient (Wildman–Crippen LogP) is 1.51. The van der Waals surface area contributed by atoms with E-state index in [4.69, 9.17) is 0 Å². The van der Waals surface area contributed by atoms with Gasteiger partial charge in [0.2, 0.25) is 0 Å². The Morgan fingerprint density at radius 3 is 3.00 bits per heavy atom. The number of aromatic nitrogens is 2. The quantitative estimate of drug-likeness (QED) is 0.809. The van der Waals surface area contributed by atoms with Crippen molar-refractivity contribution in [2.45, 2.75) is 31.6 Å². The molecule has 0 radical (unpaired) electrons. The van der Waals surface area contributed by atoms with Gasteiger partial charge in [-0.25, -0.2) is 9.97 Å². The largest absolute Gasteiger partial charge is 0.316 e. The summed E-state index contributed by atoms with van der Waals surface area (Å²) in [5.74, 6) is 2.54. The molecule has 1 N–H and O–H groups in total. The highest BCUT2D eigenvalue weighted by atomic mass is 14.9. The Balaban J connectivity index is 1.70. The zero-order chi connectivity index (χ0) is 10.1. The molecule has 1 aliphatic heterocycles. The predicted molar refractivity (Wildman–Crippen MR) is 58.7 cm³/mol. The third-order valence-corrected chi connectivity index (χ3v) is 3.33. The van der Waals surface area contributed by atoms with Crippen molar-refractivity contribution in [1.29, 1.82) is 0 Å². The summed E-state index contributed by atoms with van der Waals surface area (Å²) >= 11 is 0. The Bertz CT molecular complexity index is 340. The van der Waals surface area contributed by atoms with E-state index in [1.54, 1.807) is 0 Å². The number of hydrogen-bond donors (Lipinski definition) is 1. The molecule has 1 saturated heterocycles. The lowest BCUT2D eigenvalue weighted by Crippen LogP contribution is -2.11. The van der Waals surface area contributed by atoms with Gasteiger partial charge in [0.1, 0.15) is 5.82 Å². The van der Waals surface area contributed by atoms with Gasteiger partial charge < -0.3 is 5.32 Å². The molecular formula is C12H17N3. The normalized spacial score (nSPS) is 25.7. The van der Waals surface area contributed by atoms with Crippen molar-refractivity contribution < 1.29 is 0 Å². The van der Waals surface area contributed by atoms with Crippen LogP contribution in [-0.4, -0.2) is 23.1 Å². The van der Waals surface area contributed by atoms with Crippen molar-refractivity contribution in [3.63, 3.8) is 0 Å². The summed E-state index contributed by atoms with van der Waals surface area (Å²) in [7, 11) is 0. The minimum atomic E-state index is 0.673. The molecular weight excluding hydrogens is 186 g/mol. The highest BCUT2D eigenvalue weighted by Gasteiger charge is 2.26. The van der Waals surface area contributed by atoms with E-state index >= 15 is 0 Å². The molecule has 1 aromatic heterocycles. The van der Waals surface area contributed by atoms with Gasteiger partial charge in [-0.3, -0.25) is 0 Å². The van der Waals surface area contributed by atoms with E-state index < -0.39 is 0 Å². The van der Waals surface area contributed by atoms with Gasteiger partial charge in [0, 0.05) is 17.8 Å². The van der Waals surface area contributed by atoms with Crippen LogP contribution < -0.4 is 5.32 Å². The summed E-state index contributed by atoms with van der Waals surface area (Å²) in [6.07, 6.45) is 6.92. The van der Waals surface area contributed by atoms with Gasteiger partial charge in [0.25, 0.3) is 0 Å². The van der Waals surface area contributed by atoms with Gasteiger partial charge in [-0.1, -0.05) is 0 Å². The van der Waals surface area contributed by atoms with Gasteiger partial charge in [-0.2, -0.15) is 0 Å². The van der Waals surface area contributed by atoms with Crippen LogP contribution in [0.15, 0.2) is 12.3 Å². The van der Waals surface area contributed by atoms with Gasteiger partial charge in [0.05, 0.1) is 0 Å². The molecule has 2 heterocycles. The zero-order valence-electron chi connectivity index (χ0n) is 8.95. The standard InChI is InChI=1S/C12H17N3/c1-2-10(1)12-14-6-4-11(15-12)7-9-3-5-13-8-9/h4,6,9-10,13H,1-3,5,7-8H2. The molecule has 15 heavy (non-hydrogen) atoms. The molecule has 0 bridgehead atoms. The molecule has 3 rings (SSSR count). The van der Waals surface area contributed by atoms with E-state index in [9.17, 15) is 0 Å². The molecule has 1 atom stereocenters. The summed E-state index contributed by atoms with van der Waals surface area (Å²) < 4.78 is 0. The van der Waals surface area contributed by atoms with Crippen molar-refractivity contribution in [3.05, 3.63) is 23.8 Å². The van der Waals surface area contributed by atoms with E-state index in [2.05, 4.69) is 21.4 Å². The van der Waals surface area contributed by atoms with Crippen molar-refractivity contribution in [3.8, 4) is 0 Å². The first-order chi connectivity index (χ1) is 7.42. The Hall–Kier alpha value is -0.960. The molecule has 2 aliphatic rings. The Morgan fingerprint density at radius 1 is 1.33 bits per heavy atom. The van der Waals surface area contributed by atoms with Crippen LogP contribution in [0.4, 0.5) is 0 Å². The van der Waals surface area contributed by atoms with Crippen LogP contribution in [0.3, 0.4) is 0 Å². The van der Waals surface area contributed by atoms with E-state index in [1.165, 1.54) is 31.5 Å². The SMILES string of the molecule is c1cc(CC2CCNC2)nc(C2CC2)n1. The maximum absolute atomic E-state index is 4.66. The molecule has 1 aliphatic carbocycles. The third-order valence-electron chi connectivity index (χ3n) is 3.33. The first-order valence-corrected chi connectivity index (χ1v) is 5.94. The van der Waals surface area contributed by atoms with Gasteiger partial charge in [-0.15, -0.1) is 0 Å². The summed E-state index contributed by atoms with van der Waals surface area (Å²) in [6, 6.07) is 2.07. The summed E-state index contributed by atoms with van der Waals surface area (Å²) in [6.45, 7) is 2.33. The van der Waals surface area contributed by atoms with Crippen molar-refractivity contribution >= 4 is 0 Å². The smallest absolute Gasteiger partial charge is 0.131 e. The van der Waals surface area contributed by atoms with Crippen LogP contribution in [0.5, 0.6) is 0 Å². The van der Waals surface area contributed by atoms with Gasteiger partial charge in [-0.05, 0) is 50.8 Å². The van der Waals surface area contributed by atoms with Gasteiger partial charge >= 0.3 is 0 Å². The number of hydrogen-bond acceptors (Lipinski definition) is 3.